The van der Waals surface area contributed by atoms with E-state index in [1.54, 1.807) is 0 Å². The minimum atomic E-state index is -1.21. The van der Waals surface area contributed by atoms with Crippen molar-refractivity contribution >= 4 is 17.9 Å². The van der Waals surface area contributed by atoms with Crippen LogP contribution in [-0.2, 0) is 4.74 Å². The molecule has 3 rings (SSSR count). The van der Waals surface area contributed by atoms with Crippen LogP contribution in [-0.4, -0.2) is 62.5 Å². The van der Waals surface area contributed by atoms with E-state index in [9.17, 15) is 15.0 Å². The molecule has 0 bridgehead atoms. The number of fused-ring (bicyclic) bond motifs is 1. The monoisotopic (exact) mass is 282 g/mol. The highest BCUT2D eigenvalue weighted by atomic mass is 16.6. The van der Waals surface area contributed by atoms with Gasteiger partial charge in [-0.2, -0.15) is 0 Å². The molecule has 0 unspecified atom stereocenters. The lowest BCUT2D eigenvalue weighted by molar-refractivity contribution is -0.0237. The Balaban J connectivity index is 1.96. The van der Waals surface area contributed by atoms with E-state index in [0.29, 0.717) is 5.69 Å². The Morgan fingerprint density at radius 3 is 2.80 bits per heavy atom. The fraction of sp³-hybridized carbons (Fsp3) is 0.545. The molecule has 9 heteroatoms. The van der Waals surface area contributed by atoms with Gasteiger partial charge in [-0.05, 0) is 0 Å². The molecule has 0 spiro atoms. The number of nitrogens with two attached hydrogens (primary N) is 1. The van der Waals surface area contributed by atoms with Gasteiger partial charge in [-0.15, -0.1) is 0 Å². The molecule has 6 N–H and O–H groups in total. The number of aliphatic hydroxyl groups excluding tert-OH is 3. The average Bonchev–Trinajstić information content (AvgIpc) is 2.93. The van der Waals surface area contributed by atoms with Gasteiger partial charge in [0.1, 0.15) is 24.4 Å². The zero-order valence-corrected chi connectivity index (χ0v) is 10.3. The van der Waals surface area contributed by atoms with Gasteiger partial charge in [0, 0.05) is 6.21 Å². The molecule has 0 saturated carbocycles. The van der Waals surface area contributed by atoms with Crippen LogP contribution in [0.15, 0.2) is 9.79 Å². The van der Waals surface area contributed by atoms with Crippen molar-refractivity contribution in [2.24, 2.45) is 4.99 Å². The molecule has 0 radical (unpaired) electrons. The summed E-state index contributed by atoms with van der Waals surface area (Å²) < 4.78 is 5.42. The first-order valence-electron chi connectivity index (χ1n) is 6.09. The Labute approximate surface area is 112 Å². The maximum Gasteiger partial charge on any atom is 0.278 e. The van der Waals surface area contributed by atoms with Crippen molar-refractivity contribution in [3.63, 3.8) is 0 Å². The first-order chi connectivity index (χ1) is 9.52. The van der Waals surface area contributed by atoms with Crippen LogP contribution in [0.2, 0.25) is 0 Å². The van der Waals surface area contributed by atoms with Crippen LogP contribution in [0.1, 0.15) is 11.6 Å². The van der Waals surface area contributed by atoms with E-state index in [4.69, 9.17) is 15.6 Å². The minimum absolute atomic E-state index is 0.0593. The highest BCUT2D eigenvalue weighted by molar-refractivity contribution is 5.80. The van der Waals surface area contributed by atoms with Gasteiger partial charge in [-0.3, -0.25) is 14.8 Å². The Kier molecular flexibility index (Phi) is 3.05. The number of rotatable bonds is 2. The third-order valence-corrected chi connectivity index (χ3v) is 3.55. The average molecular weight is 282 g/mol. The van der Waals surface area contributed by atoms with E-state index < -0.39 is 42.5 Å². The number of nitrogens with zero attached hydrogens (tertiary/aromatic N) is 2. The summed E-state index contributed by atoms with van der Waals surface area (Å²) in [5.41, 5.74) is 5.42. The fourth-order valence-corrected chi connectivity index (χ4v) is 2.55. The summed E-state index contributed by atoms with van der Waals surface area (Å²) in [6.45, 7) is -0.420. The van der Waals surface area contributed by atoms with Crippen LogP contribution in [0.4, 0.5) is 11.6 Å². The van der Waals surface area contributed by atoms with Gasteiger partial charge in [-0.25, -0.2) is 4.98 Å². The Morgan fingerprint density at radius 2 is 2.15 bits per heavy atom. The van der Waals surface area contributed by atoms with E-state index >= 15 is 0 Å². The molecular formula is C11H14N4O5. The molecule has 2 aliphatic heterocycles. The minimum Gasteiger partial charge on any atom is -0.394 e. The molecular weight excluding hydrogens is 268 g/mol. The van der Waals surface area contributed by atoms with Crippen LogP contribution in [0, 0.1) is 0 Å². The van der Waals surface area contributed by atoms with E-state index in [2.05, 4.69) is 15.0 Å². The SMILES string of the molecule is Nc1nc2c(c(=O)[nH]1)N=C[C@@H]2[C@@H]1O[C@H](CO)[C@H](O)[C@H]1O. The number of aromatic nitrogens is 2. The molecule has 3 heterocycles. The van der Waals surface area contributed by atoms with Gasteiger partial charge in [0.15, 0.2) is 5.69 Å². The standard InChI is InChI=1S/C11H14N4O5/c12-11-14-5-3(1-13-6(5)10(19)15-11)9-8(18)7(17)4(2-16)20-9/h1,3-4,7-9,16-18H,2H2,(H3,12,14,15,19)/t3-,4+,7-,8+,9-/m0/s1. The molecule has 5 atom stereocenters. The molecule has 0 aromatic carbocycles. The molecule has 1 aromatic heterocycles. The highest BCUT2D eigenvalue weighted by Crippen LogP contribution is 2.36. The first kappa shape index (κ1) is 13.2. The van der Waals surface area contributed by atoms with E-state index in [1.165, 1.54) is 6.21 Å². The molecule has 9 nitrogen and oxygen atoms in total. The van der Waals surface area contributed by atoms with E-state index in [0.717, 1.165) is 0 Å². The molecule has 1 saturated heterocycles. The van der Waals surface area contributed by atoms with Gasteiger partial charge < -0.3 is 25.8 Å². The van der Waals surface area contributed by atoms with Gasteiger partial charge in [0.2, 0.25) is 5.95 Å². The van der Waals surface area contributed by atoms with Crippen molar-refractivity contribution < 1.29 is 20.1 Å². The van der Waals surface area contributed by atoms with Gasteiger partial charge >= 0.3 is 0 Å². The predicted octanol–water partition coefficient (Wildman–Crippen LogP) is -2.37. The second-order valence-corrected chi connectivity index (χ2v) is 4.79. The number of aliphatic imine (C=N–C) groups is 1. The Hall–Kier alpha value is -1.81. The lowest BCUT2D eigenvalue weighted by atomic mass is 9.95. The zero-order chi connectivity index (χ0) is 14.4. The molecule has 108 valence electrons. The number of nitrogen functional groups attached to an aromatic ring is 1. The summed E-state index contributed by atoms with van der Waals surface area (Å²) >= 11 is 0. The molecule has 1 aromatic rings. The van der Waals surface area contributed by atoms with Crippen LogP contribution in [0.5, 0.6) is 0 Å². The third-order valence-electron chi connectivity index (χ3n) is 3.55. The van der Waals surface area contributed by atoms with Crippen molar-refractivity contribution in [3.05, 3.63) is 16.0 Å². The number of H-pyrrole nitrogens is 1. The second kappa shape index (κ2) is 4.63. The van der Waals surface area contributed by atoms with Crippen LogP contribution in [0.25, 0.3) is 0 Å². The normalized spacial score (nSPS) is 35.5. The predicted molar refractivity (Wildman–Crippen MR) is 67.9 cm³/mol. The molecule has 0 aliphatic carbocycles. The second-order valence-electron chi connectivity index (χ2n) is 4.79. The number of hydrogen-bond acceptors (Lipinski definition) is 8. The topological polar surface area (TPSA) is 154 Å². The summed E-state index contributed by atoms with van der Waals surface area (Å²) in [6, 6.07) is 0. The smallest absolute Gasteiger partial charge is 0.278 e. The van der Waals surface area contributed by atoms with Crippen molar-refractivity contribution in [3.8, 4) is 0 Å². The summed E-state index contributed by atoms with van der Waals surface area (Å²) in [5.74, 6) is -0.660. The van der Waals surface area contributed by atoms with Crippen LogP contribution < -0.4 is 11.3 Å². The molecule has 2 aliphatic rings. The lowest BCUT2D eigenvalue weighted by Crippen LogP contribution is -2.36. The first-order valence-corrected chi connectivity index (χ1v) is 6.09. The molecule has 0 amide bonds. The van der Waals surface area contributed by atoms with E-state index in [-0.39, 0.29) is 11.6 Å². The summed E-state index contributed by atoms with van der Waals surface area (Å²) in [5, 5.41) is 28.8. The zero-order valence-electron chi connectivity index (χ0n) is 10.3. The van der Waals surface area contributed by atoms with Gasteiger partial charge in [-0.1, -0.05) is 0 Å². The quantitative estimate of drug-likeness (QED) is 0.406. The highest BCUT2D eigenvalue weighted by Gasteiger charge is 2.48. The van der Waals surface area contributed by atoms with Gasteiger partial charge in [0.05, 0.1) is 18.2 Å². The van der Waals surface area contributed by atoms with E-state index in [1.807, 2.05) is 0 Å². The fourth-order valence-electron chi connectivity index (χ4n) is 2.55. The van der Waals surface area contributed by atoms with Crippen molar-refractivity contribution in [1.29, 1.82) is 0 Å². The summed E-state index contributed by atoms with van der Waals surface area (Å²) in [7, 11) is 0. The number of nitrogens with one attached hydrogen (secondary N) is 1. The van der Waals surface area contributed by atoms with Crippen molar-refractivity contribution in [2.45, 2.75) is 30.3 Å². The largest absolute Gasteiger partial charge is 0.394 e. The number of ether oxygens (including phenoxy) is 1. The van der Waals surface area contributed by atoms with Crippen molar-refractivity contribution in [1.82, 2.24) is 9.97 Å². The van der Waals surface area contributed by atoms with Crippen molar-refractivity contribution in [2.75, 3.05) is 12.3 Å². The summed E-state index contributed by atoms with van der Waals surface area (Å²) in [6.07, 6.45) is -2.72. The maximum atomic E-state index is 11.7. The Morgan fingerprint density at radius 1 is 1.40 bits per heavy atom. The third kappa shape index (κ3) is 1.83. The molecule has 20 heavy (non-hydrogen) atoms. The summed E-state index contributed by atoms with van der Waals surface area (Å²) in [4.78, 5) is 22.0. The number of anilines is 1. The Bertz CT molecular complexity index is 615. The van der Waals surface area contributed by atoms with Crippen LogP contribution in [0.3, 0.4) is 0 Å². The number of aromatic amines is 1. The van der Waals surface area contributed by atoms with Gasteiger partial charge in [0.25, 0.3) is 5.56 Å². The lowest BCUT2D eigenvalue weighted by Gasteiger charge is -2.19. The number of hydrogen-bond donors (Lipinski definition) is 5. The number of aliphatic hydroxyl groups is 3. The molecule has 1 fully saturated rings. The maximum absolute atomic E-state index is 11.7. The van der Waals surface area contributed by atoms with Crippen LogP contribution >= 0.6 is 0 Å².